The van der Waals surface area contributed by atoms with Crippen LogP contribution in [-0.4, -0.2) is 38.9 Å². The van der Waals surface area contributed by atoms with E-state index in [1.165, 1.54) is 36.4 Å². The second-order valence-corrected chi connectivity index (χ2v) is 9.70. The number of benzene rings is 3. The fraction of sp³-hybridized carbons (Fsp3) is 0. The van der Waals surface area contributed by atoms with Crippen molar-refractivity contribution in [2.45, 2.75) is 14.7 Å². The molecule has 0 aromatic heterocycles. The summed E-state index contributed by atoms with van der Waals surface area (Å²) in [5.74, 6) is -3.03. The van der Waals surface area contributed by atoms with E-state index in [0.29, 0.717) is 0 Å². The van der Waals surface area contributed by atoms with Gasteiger partial charge in [0.2, 0.25) is 0 Å². The second kappa shape index (κ2) is 13.5. The Bertz CT molecular complexity index is 1250. The molecular formula is C18H12F3LuO9S3. The van der Waals surface area contributed by atoms with E-state index in [4.69, 9.17) is 0 Å². The minimum atomic E-state index is -4.66. The van der Waals surface area contributed by atoms with E-state index in [-0.39, 0.29) is 36.9 Å². The zero-order valence-corrected chi connectivity index (χ0v) is 20.3. The van der Waals surface area contributed by atoms with Crippen LogP contribution in [0.2, 0.25) is 0 Å². The van der Waals surface area contributed by atoms with Gasteiger partial charge in [-0.05, 0) is 36.4 Å². The molecule has 0 atom stereocenters. The third-order valence-electron chi connectivity index (χ3n) is 3.32. The molecule has 0 aliphatic carbocycles. The minimum absolute atomic E-state index is 0. The maximum absolute atomic E-state index is 12.5. The van der Waals surface area contributed by atoms with Gasteiger partial charge >= 0.3 is 36.9 Å². The van der Waals surface area contributed by atoms with Crippen molar-refractivity contribution in [1.29, 1.82) is 0 Å². The molecule has 34 heavy (non-hydrogen) atoms. The summed E-state index contributed by atoms with van der Waals surface area (Å²) in [7, 11) is -14.0. The van der Waals surface area contributed by atoms with E-state index < -0.39 is 62.5 Å². The summed E-state index contributed by atoms with van der Waals surface area (Å²) in [6, 6.07) is 13.3. The van der Waals surface area contributed by atoms with Crippen molar-refractivity contribution in [1.82, 2.24) is 0 Å². The normalized spacial score (nSPS) is 11.1. The van der Waals surface area contributed by atoms with Gasteiger partial charge in [-0.2, -0.15) is 0 Å². The van der Waals surface area contributed by atoms with Crippen molar-refractivity contribution >= 4 is 30.4 Å². The summed E-state index contributed by atoms with van der Waals surface area (Å²) in [5.41, 5.74) is 0. The van der Waals surface area contributed by atoms with Crippen molar-refractivity contribution < 1.29 is 89.0 Å². The summed E-state index contributed by atoms with van der Waals surface area (Å²) in [6.45, 7) is 0. The molecule has 0 radical (unpaired) electrons. The van der Waals surface area contributed by atoms with E-state index in [9.17, 15) is 52.1 Å². The zero-order chi connectivity index (χ0) is 25.4. The first-order valence-electron chi connectivity index (χ1n) is 8.16. The topological polar surface area (TPSA) is 172 Å². The summed E-state index contributed by atoms with van der Waals surface area (Å²) >= 11 is 0. The Morgan fingerprint density at radius 1 is 0.441 bits per heavy atom. The van der Waals surface area contributed by atoms with E-state index in [1.54, 1.807) is 0 Å². The van der Waals surface area contributed by atoms with Crippen LogP contribution in [0, 0.1) is 54.3 Å². The molecule has 0 saturated heterocycles. The molecular weight excluding hydrogens is 688 g/mol. The number of hydrogen-bond acceptors (Lipinski definition) is 9. The standard InChI is InChI=1S/3C6H5FO3S.Lu/c3*7-5-3-1-2-4-6(5)11(8,9)10;/h3*1-4H,(H,8,9,10);/q;;;+3/p-3. The molecule has 0 N–H and O–H groups in total. The van der Waals surface area contributed by atoms with Crippen LogP contribution >= 0.6 is 0 Å². The Labute approximate surface area is 222 Å². The van der Waals surface area contributed by atoms with Gasteiger partial charge in [0.05, 0.1) is 14.7 Å². The Morgan fingerprint density at radius 3 is 0.735 bits per heavy atom. The van der Waals surface area contributed by atoms with Crippen LogP contribution in [0.25, 0.3) is 0 Å². The van der Waals surface area contributed by atoms with E-state index in [2.05, 4.69) is 0 Å². The van der Waals surface area contributed by atoms with Crippen LogP contribution < -0.4 is 0 Å². The first-order chi connectivity index (χ1) is 15.0. The van der Waals surface area contributed by atoms with Crippen molar-refractivity contribution in [3.63, 3.8) is 0 Å². The summed E-state index contributed by atoms with van der Waals surface area (Å²) in [6.07, 6.45) is 0. The number of halogens is 3. The molecule has 3 aromatic rings. The molecule has 0 fully saturated rings. The van der Waals surface area contributed by atoms with Gasteiger partial charge in [-0.1, -0.05) is 36.4 Å². The van der Waals surface area contributed by atoms with Crippen LogP contribution in [0.5, 0.6) is 0 Å². The van der Waals surface area contributed by atoms with Gasteiger partial charge in [0.25, 0.3) is 0 Å². The molecule has 0 unspecified atom stereocenters. The molecule has 0 saturated carbocycles. The Hall–Kier alpha value is -1.59. The van der Waals surface area contributed by atoms with E-state index in [1.807, 2.05) is 0 Å². The molecule has 3 aromatic carbocycles. The van der Waals surface area contributed by atoms with Gasteiger partial charge in [0.15, 0.2) is 0 Å². The first kappa shape index (κ1) is 32.4. The molecule has 0 spiro atoms. The van der Waals surface area contributed by atoms with Gasteiger partial charge in [0, 0.05) is 0 Å². The SMILES string of the molecule is O=S(=O)([O-])c1ccccc1F.O=S(=O)([O-])c1ccccc1F.O=S(=O)([O-])c1ccccc1F.[Lu+3]. The fourth-order valence-corrected chi connectivity index (χ4v) is 3.60. The van der Waals surface area contributed by atoms with Gasteiger partial charge < -0.3 is 13.7 Å². The van der Waals surface area contributed by atoms with Crippen LogP contribution in [0.4, 0.5) is 13.2 Å². The average Bonchev–Trinajstić information content (AvgIpc) is 2.67. The van der Waals surface area contributed by atoms with Crippen LogP contribution in [0.1, 0.15) is 0 Å². The third-order valence-corrected chi connectivity index (χ3v) is 5.93. The number of rotatable bonds is 3. The monoisotopic (exact) mass is 700 g/mol. The molecule has 0 aliphatic heterocycles. The fourth-order valence-electron chi connectivity index (χ4n) is 1.94. The molecule has 0 aliphatic rings. The molecule has 192 valence electrons. The van der Waals surface area contributed by atoms with Crippen molar-refractivity contribution in [3.8, 4) is 0 Å². The predicted molar refractivity (Wildman–Crippen MR) is 103 cm³/mol. The Morgan fingerprint density at radius 2 is 0.618 bits per heavy atom. The molecule has 0 bridgehead atoms. The van der Waals surface area contributed by atoms with E-state index in [0.717, 1.165) is 36.4 Å². The quantitative estimate of drug-likeness (QED) is 0.372. The molecule has 0 heterocycles. The molecule has 0 amide bonds. The Kier molecular flexibility index (Phi) is 12.9. The summed E-state index contributed by atoms with van der Waals surface area (Å²) < 4.78 is 130. The maximum Gasteiger partial charge on any atom is 3.00 e. The van der Waals surface area contributed by atoms with Gasteiger partial charge in [-0.15, -0.1) is 0 Å². The molecule has 9 nitrogen and oxygen atoms in total. The smallest absolute Gasteiger partial charge is 0.744 e. The predicted octanol–water partition coefficient (Wildman–Crippen LogP) is 2.19. The van der Waals surface area contributed by atoms with Gasteiger partial charge in [-0.25, -0.2) is 38.4 Å². The van der Waals surface area contributed by atoms with Crippen LogP contribution in [0.15, 0.2) is 87.5 Å². The summed E-state index contributed by atoms with van der Waals surface area (Å²) in [5, 5.41) is 0. The zero-order valence-electron chi connectivity index (χ0n) is 16.2. The average molecular weight is 700 g/mol. The molecule has 3 rings (SSSR count). The maximum atomic E-state index is 12.5. The third kappa shape index (κ3) is 10.8. The molecule has 16 heteroatoms. The van der Waals surface area contributed by atoms with Crippen molar-refractivity contribution in [3.05, 3.63) is 90.2 Å². The van der Waals surface area contributed by atoms with Crippen LogP contribution in [-0.2, 0) is 30.4 Å². The largest absolute Gasteiger partial charge is 3.00 e. The van der Waals surface area contributed by atoms with E-state index >= 15 is 0 Å². The first-order valence-corrected chi connectivity index (χ1v) is 12.4. The second-order valence-electron chi connectivity index (χ2n) is 5.65. The van der Waals surface area contributed by atoms with Gasteiger partial charge in [0.1, 0.15) is 47.8 Å². The Balaban J connectivity index is 0.000000473. The van der Waals surface area contributed by atoms with Crippen molar-refractivity contribution in [2.75, 3.05) is 0 Å². The summed E-state index contributed by atoms with van der Waals surface area (Å²) in [4.78, 5) is -2.42. The minimum Gasteiger partial charge on any atom is -0.744 e. The van der Waals surface area contributed by atoms with Crippen LogP contribution in [0.3, 0.4) is 0 Å². The van der Waals surface area contributed by atoms with Crippen molar-refractivity contribution in [2.24, 2.45) is 0 Å². The number of hydrogen-bond donors (Lipinski definition) is 0. The van der Waals surface area contributed by atoms with Gasteiger partial charge in [-0.3, -0.25) is 0 Å².